The van der Waals surface area contributed by atoms with Crippen LogP contribution >= 0.6 is 0 Å². The largest absolute Gasteiger partial charge is 0.480 e. The number of carbonyl (C=O) groups is 2. The Morgan fingerprint density at radius 2 is 2.11 bits per heavy atom. The van der Waals surface area contributed by atoms with Crippen LogP contribution in [0.3, 0.4) is 0 Å². The van der Waals surface area contributed by atoms with E-state index in [9.17, 15) is 19.8 Å². The smallest absolute Gasteiger partial charge is 0.326 e. The number of hydrogen-bond donors (Lipinski definition) is 3. The fourth-order valence-corrected chi connectivity index (χ4v) is 3.24. The van der Waals surface area contributed by atoms with E-state index in [0.717, 1.165) is 5.57 Å². The third kappa shape index (κ3) is 1.72. The molecule has 0 amide bonds. The number of carboxylic acid groups (broad SMARTS) is 2. The number of nitrogens with zero attached hydrogens (tertiary/aromatic N) is 1. The van der Waals surface area contributed by atoms with Gasteiger partial charge < -0.3 is 15.9 Å². The summed E-state index contributed by atoms with van der Waals surface area (Å²) in [4.78, 5) is 24.5. The van der Waals surface area contributed by atoms with Crippen molar-refractivity contribution in [2.75, 3.05) is 6.54 Å². The molecule has 2 aliphatic rings. The Labute approximate surface area is 105 Å². The Morgan fingerprint density at radius 3 is 2.56 bits per heavy atom. The summed E-state index contributed by atoms with van der Waals surface area (Å²) in [7, 11) is 0. The van der Waals surface area contributed by atoms with E-state index < -0.39 is 29.6 Å². The molecule has 0 radical (unpaired) electrons. The van der Waals surface area contributed by atoms with Gasteiger partial charge in [-0.05, 0) is 25.7 Å². The quantitative estimate of drug-likeness (QED) is 0.614. The molecule has 1 heterocycles. The molecule has 4 N–H and O–H groups in total. The molecular weight excluding hydrogens is 236 g/mol. The Morgan fingerprint density at radius 1 is 1.44 bits per heavy atom. The first-order chi connectivity index (χ1) is 8.39. The van der Waals surface area contributed by atoms with Gasteiger partial charge in [-0.2, -0.15) is 0 Å². The summed E-state index contributed by atoms with van der Waals surface area (Å²) in [5.74, 6) is -2.01. The molecule has 6 nitrogen and oxygen atoms in total. The zero-order valence-electron chi connectivity index (χ0n) is 10.1. The second-order valence-electron chi connectivity index (χ2n) is 5.16. The van der Waals surface area contributed by atoms with E-state index in [0.29, 0.717) is 25.8 Å². The van der Waals surface area contributed by atoms with Gasteiger partial charge in [-0.15, -0.1) is 0 Å². The number of carboxylic acids is 2. The first kappa shape index (κ1) is 13.0. The Kier molecular flexibility index (Phi) is 3.16. The SMILES string of the molecule is C=C1CC(N)C(C(=O)O)(N2CCCC2C(=O)O)C1. The maximum Gasteiger partial charge on any atom is 0.326 e. The third-order valence-electron chi connectivity index (χ3n) is 4.06. The molecule has 0 spiro atoms. The molecule has 3 unspecified atom stereocenters. The van der Waals surface area contributed by atoms with Crippen molar-refractivity contribution >= 4 is 11.9 Å². The zero-order chi connectivity index (χ0) is 13.5. The lowest BCUT2D eigenvalue weighted by Gasteiger charge is -2.40. The van der Waals surface area contributed by atoms with Gasteiger partial charge in [-0.3, -0.25) is 14.5 Å². The summed E-state index contributed by atoms with van der Waals surface area (Å²) in [6.45, 7) is 4.27. The van der Waals surface area contributed by atoms with Gasteiger partial charge in [-0.25, -0.2) is 0 Å². The van der Waals surface area contributed by atoms with Crippen LogP contribution in [0.2, 0.25) is 0 Å². The van der Waals surface area contributed by atoms with Crippen molar-refractivity contribution in [3.8, 4) is 0 Å². The van der Waals surface area contributed by atoms with E-state index >= 15 is 0 Å². The van der Waals surface area contributed by atoms with Crippen LogP contribution in [0.5, 0.6) is 0 Å². The van der Waals surface area contributed by atoms with E-state index in [1.165, 1.54) is 0 Å². The summed E-state index contributed by atoms with van der Waals surface area (Å²) < 4.78 is 0. The van der Waals surface area contributed by atoms with Gasteiger partial charge in [0.15, 0.2) is 0 Å². The van der Waals surface area contributed by atoms with Crippen LogP contribution in [0.1, 0.15) is 25.7 Å². The van der Waals surface area contributed by atoms with Gasteiger partial charge in [-0.1, -0.05) is 12.2 Å². The molecule has 0 aromatic heterocycles. The first-order valence-corrected chi connectivity index (χ1v) is 6.04. The Balaban J connectivity index is 2.39. The van der Waals surface area contributed by atoms with Crippen LogP contribution in [0.4, 0.5) is 0 Å². The highest BCUT2D eigenvalue weighted by molar-refractivity contribution is 5.83. The van der Waals surface area contributed by atoms with Crippen LogP contribution in [0.15, 0.2) is 12.2 Å². The molecule has 18 heavy (non-hydrogen) atoms. The van der Waals surface area contributed by atoms with Crippen molar-refractivity contribution in [2.24, 2.45) is 5.73 Å². The fraction of sp³-hybridized carbons (Fsp3) is 0.667. The normalized spacial score (nSPS) is 37.1. The predicted molar refractivity (Wildman–Crippen MR) is 64.1 cm³/mol. The van der Waals surface area contributed by atoms with E-state index in [-0.39, 0.29) is 6.42 Å². The first-order valence-electron chi connectivity index (χ1n) is 6.04. The highest BCUT2D eigenvalue weighted by Crippen LogP contribution is 2.41. The van der Waals surface area contributed by atoms with Gasteiger partial charge in [0, 0.05) is 12.6 Å². The van der Waals surface area contributed by atoms with Crippen LogP contribution in [0.25, 0.3) is 0 Å². The zero-order valence-corrected chi connectivity index (χ0v) is 10.1. The van der Waals surface area contributed by atoms with Crippen molar-refractivity contribution in [1.29, 1.82) is 0 Å². The van der Waals surface area contributed by atoms with Crippen molar-refractivity contribution in [3.05, 3.63) is 12.2 Å². The lowest BCUT2D eigenvalue weighted by Crippen LogP contribution is -2.64. The second kappa shape index (κ2) is 4.37. The highest BCUT2D eigenvalue weighted by Gasteiger charge is 2.57. The molecule has 0 aromatic rings. The van der Waals surface area contributed by atoms with Gasteiger partial charge in [0.25, 0.3) is 0 Å². The molecule has 100 valence electrons. The van der Waals surface area contributed by atoms with Gasteiger partial charge in [0.1, 0.15) is 11.6 Å². The van der Waals surface area contributed by atoms with E-state index in [1.54, 1.807) is 4.90 Å². The number of likely N-dealkylation sites (tertiary alicyclic amines) is 1. The predicted octanol–water partition coefficient (Wildman–Crippen LogP) is 0.0361. The van der Waals surface area contributed by atoms with Crippen molar-refractivity contribution in [1.82, 2.24) is 4.90 Å². The van der Waals surface area contributed by atoms with Crippen LogP contribution < -0.4 is 5.73 Å². The molecule has 1 saturated carbocycles. The third-order valence-corrected chi connectivity index (χ3v) is 4.06. The van der Waals surface area contributed by atoms with Crippen molar-refractivity contribution in [3.63, 3.8) is 0 Å². The molecule has 6 heteroatoms. The average Bonchev–Trinajstić information content (AvgIpc) is 2.82. The number of rotatable bonds is 3. The van der Waals surface area contributed by atoms with Crippen molar-refractivity contribution < 1.29 is 19.8 Å². The minimum atomic E-state index is -1.29. The van der Waals surface area contributed by atoms with Crippen molar-refractivity contribution in [2.45, 2.75) is 43.3 Å². The minimum absolute atomic E-state index is 0.243. The van der Waals surface area contributed by atoms with E-state index in [4.69, 9.17) is 5.73 Å². The lowest BCUT2D eigenvalue weighted by atomic mass is 9.90. The topological polar surface area (TPSA) is 104 Å². The monoisotopic (exact) mass is 254 g/mol. The summed E-state index contributed by atoms with van der Waals surface area (Å²) in [6.07, 6.45) is 1.84. The summed E-state index contributed by atoms with van der Waals surface area (Å²) in [5.41, 5.74) is 5.45. The molecule has 1 aliphatic heterocycles. The minimum Gasteiger partial charge on any atom is -0.480 e. The molecular formula is C12H18N2O4. The Hall–Kier alpha value is -1.40. The van der Waals surface area contributed by atoms with Crippen LogP contribution in [0, 0.1) is 0 Å². The molecule has 0 bridgehead atoms. The maximum atomic E-state index is 11.7. The Bertz CT molecular complexity index is 409. The summed E-state index contributed by atoms with van der Waals surface area (Å²) >= 11 is 0. The second-order valence-corrected chi connectivity index (χ2v) is 5.16. The number of aliphatic carboxylic acids is 2. The molecule has 1 aliphatic carbocycles. The lowest BCUT2D eigenvalue weighted by molar-refractivity contribution is -0.157. The standard InChI is InChI=1S/C12H18N2O4/c1-7-5-9(13)12(6-7,11(17)18)14-4-2-3-8(14)10(15)16/h8-9H,1-6,13H2,(H,15,16)(H,17,18). The highest BCUT2D eigenvalue weighted by atomic mass is 16.4. The van der Waals surface area contributed by atoms with Gasteiger partial charge in [0.2, 0.25) is 0 Å². The molecule has 2 rings (SSSR count). The fourth-order valence-electron chi connectivity index (χ4n) is 3.24. The van der Waals surface area contributed by atoms with Crippen LogP contribution in [-0.2, 0) is 9.59 Å². The molecule has 3 atom stereocenters. The summed E-state index contributed by atoms with van der Waals surface area (Å²) in [6, 6.07) is -1.35. The molecule has 1 saturated heterocycles. The maximum absolute atomic E-state index is 11.7. The number of hydrogen-bond acceptors (Lipinski definition) is 4. The average molecular weight is 254 g/mol. The van der Waals surface area contributed by atoms with Gasteiger partial charge in [0.05, 0.1) is 0 Å². The number of nitrogens with two attached hydrogens (primary N) is 1. The molecule has 0 aromatic carbocycles. The van der Waals surface area contributed by atoms with Gasteiger partial charge >= 0.3 is 11.9 Å². The molecule has 2 fully saturated rings. The van der Waals surface area contributed by atoms with E-state index in [1.807, 2.05) is 0 Å². The van der Waals surface area contributed by atoms with Crippen LogP contribution in [-0.4, -0.2) is 51.2 Å². The summed E-state index contributed by atoms with van der Waals surface area (Å²) in [5, 5.41) is 18.8. The van der Waals surface area contributed by atoms with E-state index in [2.05, 4.69) is 6.58 Å².